The lowest BCUT2D eigenvalue weighted by atomic mass is 9.93. The minimum Gasteiger partial charge on any atom is -0.380 e. The lowest BCUT2D eigenvalue weighted by Crippen LogP contribution is -2.45. The Morgan fingerprint density at radius 1 is 1.13 bits per heavy atom. The number of amides is 2. The zero-order valence-electron chi connectivity index (χ0n) is 18.0. The van der Waals surface area contributed by atoms with Gasteiger partial charge in [-0.25, -0.2) is 0 Å². The van der Waals surface area contributed by atoms with Gasteiger partial charge in [0.25, 0.3) is 11.8 Å². The number of carbonyl (C=O) groups excluding carboxylic acids is 2. The molecule has 31 heavy (non-hydrogen) atoms. The maximum Gasteiger partial charge on any atom is 0.261 e. The fourth-order valence-corrected chi connectivity index (χ4v) is 5.57. The number of likely N-dealkylation sites (tertiary alicyclic amines) is 1. The summed E-state index contributed by atoms with van der Waals surface area (Å²) in [5.74, 6) is 0.00770. The minimum atomic E-state index is -0.0568. The van der Waals surface area contributed by atoms with Crippen molar-refractivity contribution >= 4 is 33.2 Å². The number of nitrogens with zero attached hydrogens (tertiary/aromatic N) is 1. The van der Waals surface area contributed by atoms with E-state index < -0.39 is 0 Å². The van der Waals surface area contributed by atoms with Crippen molar-refractivity contribution in [1.82, 2.24) is 10.2 Å². The Kier molecular flexibility index (Phi) is 6.68. The molecule has 2 heterocycles. The van der Waals surface area contributed by atoms with Crippen LogP contribution in [0.1, 0.15) is 50.4 Å². The van der Waals surface area contributed by atoms with Gasteiger partial charge >= 0.3 is 0 Å². The number of thiophene rings is 1. The number of piperidine rings is 1. The molecule has 1 aliphatic rings. The Bertz CT molecular complexity index is 1070. The van der Waals surface area contributed by atoms with Crippen LogP contribution >= 0.6 is 11.3 Å². The van der Waals surface area contributed by atoms with E-state index >= 15 is 0 Å². The van der Waals surface area contributed by atoms with Gasteiger partial charge in [0.1, 0.15) is 0 Å². The Balaban J connectivity index is 1.63. The number of nitrogens with one attached hydrogen (secondary N) is 1. The summed E-state index contributed by atoms with van der Waals surface area (Å²) in [5, 5.41) is 3.89. The van der Waals surface area contributed by atoms with Crippen LogP contribution in [-0.2, 0) is 17.8 Å². The highest BCUT2D eigenvalue weighted by molar-refractivity contribution is 7.21. The highest BCUT2D eigenvalue weighted by Gasteiger charge is 2.30. The van der Waals surface area contributed by atoms with Gasteiger partial charge < -0.3 is 15.0 Å². The predicted octanol–water partition coefficient (Wildman–Crippen LogP) is 4.64. The van der Waals surface area contributed by atoms with Crippen molar-refractivity contribution in [3.05, 3.63) is 70.1 Å². The number of fused-ring (bicyclic) bond motifs is 1. The highest BCUT2D eigenvalue weighted by Crippen LogP contribution is 2.34. The Labute approximate surface area is 187 Å². The molecule has 0 saturated carbocycles. The maximum absolute atomic E-state index is 13.4. The van der Waals surface area contributed by atoms with Crippen LogP contribution in [0.4, 0.5) is 0 Å². The zero-order chi connectivity index (χ0) is 21.8. The molecule has 1 atom stereocenters. The van der Waals surface area contributed by atoms with Crippen LogP contribution in [0.25, 0.3) is 10.1 Å². The van der Waals surface area contributed by atoms with Crippen LogP contribution in [0.15, 0.2) is 48.5 Å². The minimum absolute atomic E-state index is 0.0568. The summed E-state index contributed by atoms with van der Waals surface area (Å²) in [6.07, 6.45) is 3.75. The van der Waals surface area contributed by atoms with Gasteiger partial charge in [0.15, 0.2) is 0 Å². The van der Waals surface area contributed by atoms with E-state index in [0.29, 0.717) is 18.6 Å². The molecule has 0 bridgehead atoms. The van der Waals surface area contributed by atoms with E-state index in [1.54, 1.807) is 14.2 Å². The normalized spacial score (nSPS) is 16.5. The number of benzene rings is 2. The SMILES string of the molecule is CNC(=O)c1sc2ccccc2c1CC1CCCCN1C(=O)c1ccc(COC)cc1. The van der Waals surface area contributed by atoms with Crippen molar-refractivity contribution in [3.63, 3.8) is 0 Å². The Hall–Kier alpha value is -2.70. The maximum atomic E-state index is 13.4. The third-order valence-corrected chi connectivity index (χ3v) is 7.18. The molecule has 0 radical (unpaired) electrons. The summed E-state index contributed by atoms with van der Waals surface area (Å²) in [6.45, 7) is 1.29. The van der Waals surface area contributed by atoms with E-state index in [1.165, 1.54) is 11.3 Å². The van der Waals surface area contributed by atoms with Gasteiger partial charge in [-0.15, -0.1) is 11.3 Å². The molecule has 1 unspecified atom stereocenters. The number of methoxy groups -OCH3 is 1. The van der Waals surface area contributed by atoms with Crippen LogP contribution in [0, 0.1) is 0 Å². The average Bonchev–Trinajstić information content (AvgIpc) is 3.17. The van der Waals surface area contributed by atoms with Crippen LogP contribution in [-0.4, -0.2) is 43.5 Å². The van der Waals surface area contributed by atoms with E-state index in [-0.39, 0.29) is 17.9 Å². The predicted molar refractivity (Wildman–Crippen MR) is 125 cm³/mol. The largest absolute Gasteiger partial charge is 0.380 e. The molecule has 0 spiro atoms. The summed E-state index contributed by atoms with van der Waals surface area (Å²) >= 11 is 1.53. The van der Waals surface area contributed by atoms with Crippen molar-refractivity contribution in [1.29, 1.82) is 0 Å². The van der Waals surface area contributed by atoms with Crippen LogP contribution in [0.3, 0.4) is 0 Å². The van der Waals surface area contributed by atoms with Crippen LogP contribution < -0.4 is 5.32 Å². The van der Waals surface area contributed by atoms with E-state index in [1.807, 2.05) is 41.3 Å². The monoisotopic (exact) mass is 436 g/mol. The summed E-state index contributed by atoms with van der Waals surface area (Å²) in [5.41, 5.74) is 2.81. The molecular weight excluding hydrogens is 408 g/mol. The second-order valence-corrected chi connectivity index (χ2v) is 9.02. The molecule has 5 nitrogen and oxygen atoms in total. The molecule has 1 N–H and O–H groups in total. The van der Waals surface area contributed by atoms with Crippen molar-refractivity contribution in [2.24, 2.45) is 0 Å². The molecule has 0 aliphatic carbocycles. The Morgan fingerprint density at radius 3 is 2.65 bits per heavy atom. The molecule has 1 fully saturated rings. The number of carbonyl (C=O) groups is 2. The van der Waals surface area contributed by atoms with Crippen molar-refractivity contribution in [2.45, 2.75) is 38.3 Å². The number of hydrogen-bond acceptors (Lipinski definition) is 4. The van der Waals surface area contributed by atoms with E-state index in [0.717, 1.165) is 51.9 Å². The molecule has 2 aromatic carbocycles. The van der Waals surface area contributed by atoms with E-state index in [9.17, 15) is 9.59 Å². The topological polar surface area (TPSA) is 58.6 Å². The van der Waals surface area contributed by atoms with Crippen molar-refractivity contribution < 1.29 is 14.3 Å². The lowest BCUT2D eigenvalue weighted by Gasteiger charge is -2.36. The van der Waals surface area contributed by atoms with E-state index in [2.05, 4.69) is 17.4 Å². The molecular formula is C25H28N2O3S. The second kappa shape index (κ2) is 9.62. The third kappa shape index (κ3) is 4.50. The number of hydrogen-bond donors (Lipinski definition) is 1. The second-order valence-electron chi connectivity index (χ2n) is 7.97. The van der Waals surface area contributed by atoms with Gasteiger partial charge in [-0.1, -0.05) is 30.3 Å². The third-order valence-electron chi connectivity index (χ3n) is 5.97. The fourth-order valence-electron chi connectivity index (χ4n) is 4.39. The number of rotatable bonds is 6. The molecule has 1 saturated heterocycles. The van der Waals surface area contributed by atoms with E-state index in [4.69, 9.17) is 4.74 Å². The van der Waals surface area contributed by atoms with Gasteiger partial charge in [0.2, 0.25) is 0 Å². The first-order valence-corrected chi connectivity index (χ1v) is 11.6. The lowest BCUT2D eigenvalue weighted by molar-refractivity contribution is 0.0614. The number of ether oxygens (including phenoxy) is 1. The van der Waals surface area contributed by atoms with Gasteiger partial charge in [-0.05, 0) is 60.4 Å². The van der Waals surface area contributed by atoms with Crippen molar-refractivity contribution in [3.8, 4) is 0 Å². The molecule has 1 aliphatic heterocycles. The molecule has 1 aromatic heterocycles. The van der Waals surface area contributed by atoms with Gasteiger partial charge in [-0.2, -0.15) is 0 Å². The molecule has 162 valence electrons. The van der Waals surface area contributed by atoms with Crippen LogP contribution in [0.2, 0.25) is 0 Å². The quantitative estimate of drug-likeness (QED) is 0.612. The molecule has 4 rings (SSSR count). The molecule has 6 heteroatoms. The standard InChI is InChI=1S/C25H28N2O3S/c1-26-24(28)23-21(20-8-3-4-9-22(20)31-23)15-19-7-5-6-14-27(19)25(29)18-12-10-17(11-13-18)16-30-2/h3-4,8-13,19H,5-7,14-16H2,1-2H3,(H,26,28). The summed E-state index contributed by atoms with van der Waals surface area (Å²) in [4.78, 5) is 28.7. The smallest absolute Gasteiger partial charge is 0.261 e. The Morgan fingerprint density at radius 2 is 1.90 bits per heavy atom. The molecule has 2 amide bonds. The first-order chi connectivity index (χ1) is 15.1. The fraction of sp³-hybridized carbons (Fsp3) is 0.360. The first kappa shape index (κ1) is 21.5. The summed E-state index contributed by atoms with van der Waals surface area (Å²) < 4.78 is 6.28. The zero-order valence-corrected chi connectivity index (χ0v) is 18.8. The van der Waals surface area contributed by atoms with Gasteiger partial charge in [0.05, 0.1) is 11.5 Å². The average molecular weight is 437 g/mol. The molecule has 3 aromatic rings. The summed E-state index contributed by atoms with van der Waals surface area (Å²) in [6, 6.07) is 15.9. The van der Waals surface area contributed by atoms with Crippen LogP contribution in [0.5, 0.6) is 0 Å². The van der Waals surface area contributed by atoms with Gasteiger partial charge in [-0.3, -0.25) is 9.59 Å². The van der Waals surface area contributed by atoms with Crippen molar-refractivity contribution in [2.75, 3.05) is 20.7 Å². The first-order valence-electron chi connectivity index (χ1n) is 10.7. The van der Waals surface area contributed by atoms with Gasteiger partial charge in [0, 0.05) is 37.0 Å². The summed E-state index contributed by atoms with van der Waals surface area (Å²) in [7, 11) is 3.33. The highest BCUT2D eigenvalue weighted by atomic mass is 32.1.